The van der Waals surface area contributed by atoms with Crippen LogP contribution in [0.4, 0.5) is 0 Å². The molecule has 0 aliphatic carbocycles. The van der Waals surface area contributed by atoms with Gasteiger partial charge in [-0.25, -0.2) is 4.98 Å². The molecule has 0 saturated carbocycles. The monoisotopic (exact) mass is 214 g/mol. The maximum Gasteiger partial charge on any atom is 0.309 e. The molecule has 0 fully saturated rings. The molecule has 5 heteroatoms. The predicted octanol–water partition coefficient (Wildman–Crippen LogP) is 1.27. The number of nitrogens with zero attached hydrogens (tertiary/aromatic N) is 1. The van der Waals surface area contributed by atoms with Crippen LogP contribution in [0.15, 0.2) is 5.38 Å². The van der Waals surface area contributed by atoms with Gasteiger partial charge in [-0.1, -0.05) is 6.92 Å². The van der Waals surface area contributed by atoms with Gasteiger partial charge in [-0.3, -0.25) is 4.79 Å². The van der Waals surface area contributed by atoms with Crippen molar-refractivity contribution in [2.75, 3.05) is 6.54 Å². The summed E-state index contributed by atoms with van der Waals surface area (Å²) in [5, 5.41) is 14.5. The lowest BCUT2D eigenvalue weighted by Gasteiger charge is -1.97. The van der Waals surface area contributed by atoms with Gasteiger partial charge in [-0.2, -0.15) is 0 Å². The number of carbonyl (C=O) groups is 1. The standard InChI is InChI=1S/C9H14N2O2S/c1-2-3-10-5-8-11-7(6-14-8)4-9(12)13/h6,10H,2-5H2,1H3,(H,12,13). The topological polar surface area (TPSA) is 62.2 Å². The van der Waals surface area contributed by atoms with E-state index in [1.165, 1.54) is 11.3 Å². The highest BCUT2D eigenvalue weighted by molar-refractivity contribution is 7.09. The van der Waals surface area contributed by atoms with E-state index in [0.29, 0.717) is 5.69 Å². The number of carboxylic acid groups (broad SMARTS) is 1. The van der Waals surface area contributed by atoms with Gasteiger partial charge in [-0.05, 0) is 13.0 Å². The van der Waals surface area contributed by atoms with Gasteiger partial charge in [0, 0.05) is 11.9 Å². The van der Waals surface area contributed by atoms with Gasteiger partial charge < -0.3 is 10.4 Å². The van der Waals surface area contributed by atoms with E-state index < -0.39 is 5.97 Å². The quantitative estimate of drug-likeness (QED) is 0.700. The van der Waals surface area contributed by atoms with Crippen LogP contribution in [0.25, 0.3) is 0 Å². The molecule has 0 spiro atoms. The van der Waals surface area contributed by atoms with E-state index in [4.69, 9.17) is 5.11 Å². The summed E-state index contributed by atoms with van der Waals surface area (Å²) in [6.07, 6.45) is 1.11. The molecular formula is C9H14N2O2S. The van der Waals surface area contributed by atoms with E-state index in [9.17, 15) is 4.79 Å². The molecule has 0 saturated heterocycles. The lowest BCUT2D eigenvalue weighted by molar-refractivity contribution is -0.136. The largest absolute Gasteiger partial charge is 0.481 e. The molecule has 0 unspecified atom stereocenters. The number of hydrogen-bond donors (Lipinski definition) is 2. The Morgan fingerprint density at radius 2 is 2.50 bits per heavy atom. The van der Waals surface area contributed by atoms with Crippen LogP contribution in [0.2, 0.25) is 0 Å². The van der Waals surface area contributed by atoms with Crippen molar-refractivity contribution in [3.05, 3.63) is 16.1 Å². The highest BCUT2D eigenvalue weighted by Gasteiger charge is 2.05. The van der Waals surface area contributed by atoms with Crippen LogP contribution in [0.3, 0.4) is 0 Å². The van der Waals surface area contributed by atoms with Gasteiger partial charge in [0.2, 0.25) is 0 Å². The second kappa shape index (κ2) is 5.72. The fourth-order valence-corrected chi connectivity index (χ4v) is 1.80. The number of thiazole rings is 1. The van der Waals surface area contributed by atoms with E-state index in [2.05, 4.69) is 17.2 Å². The van der Waals surface area contributed by atoms with Gasteiger partial charge >= 0.3 is 5.97 Å². The Morgan fingerprint density at radius 3 is 3.14 bits per heavy atom. The summed E-state index contributed by atoms with van der Waals surface area (Å²) in [5.41, 5.74) is 0.649. The van der Waals surface area contributed by atoms with Crippen molar-refractivity contribution in [2.45, 2.75) is 26.3 Å². The minimum atomic E-state index is -0.830. The van der Waals surface area contributed by atoms with E-state index >= 15 is 0 Å². The summed E-state index contributed by atoms with van der Waals surface area (Å²) in [6.45, 7) is 3.80. The number of hydrogen-bond acceptors (Lipinski definition) is 4. The Kier molecular flexibility index (Phi) is 4.55. The average Bonchev–Trinajstić information content (AvgIpc) is 2.52. The Hall–Kier alpha value is -0.940. The molecule has 0 amide bonds. The SMILES string of the molecule is CCCNCc1nc(CC(=O)O)cs1. The van der Waals surface area contributed by atoms with Gasteiger partial charge in [0.05, 0.1) is 12.1 Å². The summed E-state index contributed by atoms with van der Waals surface area (Å²) < 4.78 is 0. The molecule has 0 atom stereocenters. The van der Waals surface area contributed by atoms with Crippen LogP contribution >= 0.6 is 11.3 Å². The molecule has 1 heterocycles. The molecule has 14 heavy (non-hydrogen) atoms. The number of nitrogens with one attached hydrogen (secondary N) is 1. The lowest BCUT2D eigenvalue weighted by Crippen LogP contribution is -2.13. The summed E-state index contributed by atoms with van der Waals surface area (Å²) in [7, 11) is 0. The van der Waals surface area contributed by atoms with Gasteiger partial charge in [0.25, 0.3) is 0 Å². The van der Waals surface area contributed by atoms with Crippen LogP contribution in [0.1, 0.15) is 24.0 Å². The van der Waals surface area contributed by atoms with Crippen molar-refractivity contribution in [3.63, 3.8) is 0 Å². The molecule has 4 nitrogen and oxygen atoms in total. The number of aromatic nitrogens is 1. The highest BCUT2D eigenvalue weighted by Crippen LogP contribution is 2.09. The second-order valence-electron chi connectivity index (χ2n) is 2.98. The Bertz CT molecular complexity index is 299. The first-order valence-electron chi connectivity index (χ1n) is 4.58. The van der Waals surface area contributed by atoms with E-state index in [1.54, 1.807) is 5.38 Å². The minimum Gasteiger partial charge on any atom is -0.481 e. The third-order valence-electron chi connectivity index (χ3n) is 1.63. The Balaban J connectivity index is 2.38. The van der Waals surface area contributed by atoms with E-state index in [1.807, 2.05) is 0 Å². The summed E-state index contributed by atoms with van der Waals surface area (Å²) in [4.78, 5) is 14.6. The minimum absolute atomic E-state index is 0.0181. The summed E-state index contributed by atoms with van der Waals surface area (Å²) >= 11 is 1.51. The van der Waals surface area contributed by atoms with E-state index in [0.717, 1.165) is 24.5 Å². The maximum atomic E-state index is 10.4. The van der Waals surface area contributed by atoms with Crippen LogP contribution in [0, 0.1) is 0 Å². The van der Waals surface area contributed by atoms with Crippen molar-refractivity contribution < 1.29 is 9.90 Å². The van der Waals surface area contributed by atoms with Gasteiger partial charge in [0.15, 0.2) is 0 Å². The molecule has 1 aromatic rings. The fraction of sp³-hybridized carbons (Fsp3) is 0.556. The number of rotatable bonds is 6. The third-order valence-corrected chi connectivity index (χ3v) is 2.53. The molecule has 0 aliphatic rings. The van der Waals surface area contributed by atoms with Crippen molar-refractivity contribution in [2.24, 2.45) is 0 Å². The molecule has 1 aromatic heterocycles. The zero-order chi connectivity index (χ0) is 10.4. The average molecular weight is 214 g/mol. The van der Waals surface area contributed by atoms with Crippen LogP contribution in [0.5, 0.6) is 0 Å². The molecule has 78 valence electrons. The molecule has 0 bridgehead atoms. The lowest BCUT2D eigenvalue weighted by atomic mass is 10.3. The van der Waals surface area contributed by atoms with Crippen LogP contribution < -0.4 is 5.32 Å². The van der Waals surface area contributed by atoms with Gasteiger partial charge in [0.1, 0.15) is 5.01 Å². The van der Waals surface area contributed by atoms with Crippen molar-refractivity contribution >= 4 is 17.3 Å². The van der Waals surface area contributed by atoms with Crippen LogP contribution in [-0.4, -0.2) is 22.6 Å². The maximum absolute atomic E-state index is 10.4. The van der Waals surface area contributed by atoms with E-state index in [-0.39, 0.29) is 6.42 Å². The highest BCUT2D eigenvalue weighted by atomic mass is 32.1. The summed E-state index contributed by atoms with van der Waals surface area (Å²) in [5.74, 6) is -0.830. The zero-order valence-corrected chi connectivity index (χ0v) is 8.93. The number of carboxylic acids is 1. The second-order valence-corrected chi connectivity index (χ2v) is 3.92. The van der Waals surface area contributed by atoms with Crippen LogP contribution in [-0.2, 0) is 17.8 Å². The van der Waals surface area contributed by atoms with Crippen molar-refractivity contribution in [1.82, 2.24) is 10.3 Å². The summed E-state index contributed by atoms with van der Waals surface area (Å²) in [6, 6.07) is 0. The number of aliphatic carboxylic acids is 1. The smallest absolute Gasteiger partial charge is 0.309 e. The van der Waals surface area contributed by atoms with Gasteiger partial charge in [-0.15, -0.1) is 11.3 Å². The Morgan fingerprint density at radius 1 is 1.71 bits per heavy atom. The fourth-order valence-electron chi connectivity index (χ4n) is 1.04. The normalized spacial score (nSPS) is 10.4. The predicted molar refractivity (Wildman–Crippen MR) is 55.5 cm³/mol. The Labute approximate surface area is 87.0 Å². The molecule has 1 rings (SSSR count). The first kappa shape index (κ1) is 11.1. The molecule has 2 N–H and O–H groups in total. The van der Waals surface area contributed by atoms with Crippen molar-refractivity contribution in [1.29, 1.82) is 0 Å². The molecule has 0 aromatic carbocycles. The zero-order valence-electron chi connectivity index (χ0n) is 8.12. The third kappa shape index (κ3) is 3.85. The van der Waals surface area contributed by atoms with Crippen molar-refractivity contribution in [3.8, 4) is 0 Å². The molecular weight excluding hydrogens is 200 g/mol. The first-order chi connectivity index (χ1) is 6.72. The first-order valence-corrected chi connectivity index (χ1v) is 5.46. The molecule has 0 radical (unpaired) electrons. The molecule has 0 aliphatic heterocycles.